The predicted molar refractivity (Wildman–Crippen MR) is 60.4 cm³/mol. The molecule has 0 aliphatic rings. The van der Waals surface area contributed by atoms with Crippen LogP contribution < -0.4 is 0 Å². The third-order valence-electron chi connectivity index (χ3n) is 1.95. The van der Waals surface area contributed by atoms with Gasteiger partial charge in [0, 0.05) is 9.77 Å². The molecule has 0 radical (unpaired) electrons. The number of aryl methyl sites for hydroxylation is 1. The van der Waals surface area contributed by atoms with Crippen molar-refractivity contribution in [3.05, 3.63) is 27.1 Å². The Morgan fingerprint density at radius 2 is 2.17 bits per heavy atom. The molecule has 0 saturated carbocycles. The van der Waals surface area contributed by atoms with Gasteiger partial charge in [-0.15, -0.1) is 0 Å². The van der Waals surface area contributed by atoms with Gasteiger partial charge < -0.3 is 0 Å². The molecule has 0 fully saturated rings. The zero-order chi connectivity index (χ0) is 9.14. The first-order valence-electron chi connectivity index (χ1n) is 4.30. The van der Waals surface area contributed by atoms with E-state index < -0.39 is 0 Å². The number of nitrogens with zero attached hydrogens (tertiary/aromatic N) is 1. The van der Waals surface area contributed by atoms with E-state index in [1.54, 1.807) is 0 Å². The third kappa shape index (κ3) is 1.97. The minimum Gasteiger partial charge on any atom is -0.260 e. The Kier molecular flexibility index (Phi) is 3.50. The van der Waals surface area contributed by atoms with E-state index in [0.29, 0.717) is 5.92 Å². The molecule has 1 aromatic heterocycles. The molecule has 0 atom stereocenters. The number of pyridine rings is 1. The van der Waals surface area contributed by atoms with Gasteiger partial charge in [-0.05, 0) is 46.6 Å². The highest BCUT2D eigenvalue weighted by atomic mass is 127. The maximum atomic E-state index is 4.33. The lowest BCUT2D eigenvalue weighted by Crippen LogP contribution is -1.98. The van der Waals surface area contributed by atoms with Crippen molar-refractivity contribution in [3.63, 3.8) is 0 Å². The maximum absolute atomic E-state index is 4.33. The highest BCUT2D eigenvalue weighted by molar-refractivity contribution is 14.1. The number of halogens is 1. The molecule has 2 heteroatoms. The van der Waals surface area contributed by atoms with Gasteiger partial charge in [-0.3, -0.25) is 4.98 Å². The third-order valence-corrected chi connectivity index (χ3v) is 3.19. The van der Waals surface area contributed by atoms with Gasteiger partial charge in [0.25, 0.3) is 0 Å². The summed E-state index contributed by atoms with van der Waals surface area (Å²) in [6.45, 7) is 6.59. The van der Waals surface area contributed by atoms with Crippen molar-refractivity contribution in [2.45, 2.75) is 33.1 Å². The van der Waals surface area contributed by atoms with E-state index in [-0.39, 0.29) is 0 Å². The van der Waals surface area contributed by atoms with Crippen LogP contribution in [0.1, 0.15) is 37.9 Å². The SMILES string of the molecule is CCc1nccc(C(C)C)c1I. The lowest BCUT2D eigenvalue weighted by Gasteiger charge is -2.10. The smallest absolute Gasteiger partial charge is 0.0536 e. The molecule has 0 amide bonds. The summed E-state index contributed by atoms with van der Waals surface area (Å²) in [4.78, 5) is 4.33. The Morgan fingerprint density at radius 1 is 1.50 bits per heavy atom. The monoisotopic (exact) mass is 275 g/mol. The molecule has 66 valence electrons. The molecule has 0 aliphatic carbocycles. The topological polar surface area (TPSA) is 12.9 Å². The average molecular weight is 275 g/mol. The van der Waals surface area contributed by atoms with E-state index in [1.165, 1.54) is 14.8 Å². The van der Waals surface area contributed by atoms with E-state index in [9.17, 15) is 0 Å². The van der Waals surface area contributed by atoms with Gasteiger partial charge in [0.1, 0.15) is 0 Å². The minimum atomic E-state index is 0.602. The fraction of sp³-hybridized carbons (Fsp3) is 0.500. The van der Waals surface area contributed by atoms with Crippen LogP contribution in [0.2, 0.25) is 0 Å². The molecular formula is C10H14IN. The quantitative estimate of drug-likeness (QED) is 0.754. The normalized spacial score (nSPS) is 10.8. The molecule has 0 bridgehead atoms. The molecule has 1 nitrogen and oxygen atoms in total. The Morgan fingerprint density at radius 3 is 2.67 bits per heavy atom. The zero-order valence-electron chi connectivity index (χ0n) is 7.76. The summed E-state index contributed by atoms with van der Waals surface area (Å²) in [6.07, 6.45) is 2.94. The van der Waals surface area contributed by atoms with E-state index >= 15 is 0 Å². The summed E-state index contributed by atoms with van der Waals surface area (Å²) in [6, 6.07) is 2.12. The standard InChI is InChI=1S/C10H14IN/c1-4-9-10(11)8(7(2)3)5-6-12-9/h5-7H,4H2,1-3H3. The summed E-state index contributed by atoms with van der Waals surface area (Å²) in [5, 5.41) is 0. The second kappa shape index (κ2) is 4.21. The van der Waals surface area contributed by atoms with E-state index in [4.69, 9.17) is 0 Å². The van der Waals surface area contributed by atoms with Crippen LogP contribution in [0.4, 0.5) is 0 Å². The first-order valence-corrected chi connectivity index (χ1v) is 5.38. The highest BCUT2D eigenvalue weighted by Gasteiger charge is 2.07. The molecule has 0 aliphatic heterocycles. The molecule has 1 rings (SSSR count). The van der Waals surface area contributed by atoms with Crippen LogP contribution in [-0.2, 0) is 6.42 Å². The molecule has 0 saturated heterocycles. The van der Waals surface area contributed by atoms with Crippen molar-refractivity contribution in [1.82, 2.24) is 4.98 Å². The largest absolute Gasteiger partial charge is 0.260 e. The Bertz CT molecular complexity index is 269. The van der Waals surface area contributed by atoms with Gasteiger partial charge in [0.05, 0.1) is 5.69 Å². The van der Waals surface area contributed by atoms with Crippen molar-refractivity contribution in [2.24, 2.45) is 0 Å². The number of hydrogen-bond donors (Lipinski definition) is 0. The first-order chi connectivity index (χ1) is 5.66. The minimum absolute atomic E-state index is 0.602. The van der Waals surface area contributed by atoms with Gasteiger partial charge >= 0.3 is 0 Å². The maximum Gasteiger partial charge on any atom is 0.0536 e. The molecule has 1 aromatic rings. The van der Waals surface area contributed by atoms with E-state index in [0.717, 1.165) is 6.42 Å². The van der Waals surface area contributed by atoms with Crippen LogP contribution in [0.15, 0.2) is 12.3 Å². The molecule has 0 unspecified atom stereocenters. The van der Waals surface area contributed by atoms with Crippen molar-refractivity contribution < 1.29 is 0 Å². The molecule has 1 heterocycles. The molecular weight excluding hydrogens is 261 g/mol. The first kappa shape index (κ1) is 9.96. The molecule has 0 spiro atoms. The molecule has 12 heavy (non-hydrogen) atoms. The van der Waals surface area contributed by atoms with Crippen molar-refractivity contribution >= 4 is 22.6 Å². The van der Waals surface area contributed by atoms with E-state index in [2.05, 4.69) is 54.4 Å². The number of rotatable bonds is 2. The molecule has 0 aromatic carbocycles. The van der Waals surface area contributed by atoms with Gasteiger partial charge in [-0.25, -0.2) is 0 Å². The highest BCUT2D eigenvalue weighted by Crippen LogP contribution is 2.22. The van der Waals surface area contributed by atoms with Crippen LogP contribution in [0.3, 0.4) is 0 Å². The van der Waals surface area contributed by atoms with Gasteiger partial charge in [0.15, 0.2) is 0 Å². The van der Waals surface area contributed by atoms with E-state index in [1.807, 2.05) is 6.20 Å². The predicted octanol–water partition coefficient (Wildman–Crippen LogP) is 3.37. The van der Waals surface area contributed by atoms with Crippen molar-refractivity contribution in [2.75, 3.05) is 0 Å². The second-order valence-electron chi connectivity index (χ2n) is 3.17. The average Bonchev–Trinajstić information content (AvgIpc) is 2.04. The van der Waals surface area contributed by atoms with Gasteiger partial charge in [0.2, 0.25) is 0 Å². The lowest BCUT2D eigenvalue weighted by molar-refractivity contribution is 0.844. The second-order valence-corrected chi connectivity index (χ2v) is 4.25. The summed E-state index contributed by atoms with van der Waals surface area (Å²) in [5.74, 6) is 0.602. The van der Waals surface area contributed by atoms with Crippen LogP contribution in [0.25, 0.3) is 0 Å². The van der Waals surface area contributed by atoms with Crippen LogP contribution in [0, 0.1) is 3.57 Å². The van der Waals surface area contributed by atoms with Crippen LogP contribution in [0.5, 0.6) is 0 Å². The number of hydrogen-bond acceptors (Lipinski definition) is 1. The summed E-state index contributed by atoms with van der Waals surface area (Å²) < 4.78 is 1.34. The fourth-order valence-electron chi connectivity index (χ4n) is 1.20. The van der Waals surface area contributed by atoms with Crippen LogP contribution >= 0.6 is 22.6 Å². The zero-order valence-corrected chi connectivity index (χ0v) is 9.92. The van der Waals surface area contributed by atoms with Gasteiger partial charge in [-0.2, -0.15) is 0 Å². The number of aromatic nitrogens is 1. The Labute approximate surface area is 87.7 Å². The van der Waals surface area contributed by atoms with Gasteiger partial charge in [-0.1, -0.05) is 20.8 Å². The summed E-state index contributed by atoms with van der Waals surface area (Å²) in [5.41, 5.74) is 2.64. The van der Waals surface area contributed by atoms with Crippen molar-refractivity contribution in [1.29, 1.82) is 0 Å². The Hall–Kier alpha value is -0.120. The van der Waals surface area contributed by atoms with Crippen molar-refractivity contribution in [3.8, 4) is 0 Å². The fourth-order valence-corrected chi connectivity index (χ4v) is 2.52. The Balaban J connectivity index is 3.14. The summed E-state index contributed by atoms with van der Waals surface area (Å²) in [7, 11) is 0. The molecule has 0 N–H and O–H groups in total. The summed E-state index contributed by atoms with van der Waals surface area (Å²) >= 11 is 2.39. The van der Waals surface area contributed by atoms with Crippen LogP contribution in [-0.4, -0.2) is 4.98 Å². The lowest BCUT2D eigenvalue weighted by atomic mass is 10.0.